The van der Waals surface area contributed by atoms with Crippen LogP contribution in [0.3, 0.4) is 0 Å². The second-order valence-corrected chi connectivity index (χ2v) is 8.42. The van der Waals surface area contributed by atoms with Gasteiger partial charge in [0.1, 0.15) is 0 Å². The molecule has 0 heterocycles. The van der Waals surface area contributed by atoms with Crippen LogP contribution in [0, 0.1) is 5.92 Å². The van der Waals surface area contributed by atoms with Gasteiger partial charge in [-0.3, -0.25) is 4.79 Å². The zero-order chi connectivity index (χ0) is 15.9. The molecule has 1 amide bonds. The first-order chi connectivity index (χ1) is 9.80. The number of sulfonamides is 1. The van der Waals surface area contributed by atoms with Gasteiger partial charge in [0.05, 0.1) is 12.8 Å². The van der Waals surface area contributed by atoms with E-state index in [1.54, 1.807) is 0 Å². The zero-order valence-electron chi connectivity index (χ0n) is 13.6. The summed E-state index contributed by atoms with van der Waals surface area (Å²) < 4.78 is 25.4. The first-order valence-corrected chi connectivity index (χ1v) is 9.89. The van der Waals surface area contributed by atoms with E-state index < -0.39 is 10.0 Å². The maximum Gasteiger partial charge on any atom is 0.235 e. The molecule has 1 aliphatic carbocycles. The predicted molar refractivity (Wildman–Crippen MR) is 85.5 cm³/mol. The molecule has 1 aliphatic rings. The molecule has 21 heavy (non-hydrogen) atoms. The number of carbonyl (C=O) groups is 1. The molecule has 0 aromatic carbocycles. The van der Waals surface area contributed by atoms with Crippen molar-refractivity contribution in [3.63, 3.8) is 0 Å². The van der Waals surface area contributed by atoms with Gasteiger partial charge in [-0.25, -0.2) is 8.42 Å². The molecule has 0 atom stereocenters. The van der Waals surface area contributed by atoms with E-state index in [0.29, 0.717) is 12.5 Å². The van der Waals surface area contributed by atoms with E-state index in [1.165, 1.54) is 10.6 Å². The lowest BCUT2D eigenvalue weighted by Gasteiger charge is -2.28. The molecule has 0 radical (unpaired) electrons. The highest BCUT2D eigenvalue weighted by molar-refractivity contribution is 7.88. The Bertz CT molecular complexity index is 413. The monoisotopic (exact) mass is 318 g/mol. The third-order valence-electron chi connectivity index (χ3n) is 4.00. The zero-order valence-corrected chi connectivity index (χ0v) is 14.4. The molecule has 1 N–H and O–H groups in total. The summed E-state index contributed by atoms with van der Waals surface area (Å²) in [5.74, 6) is 0.337. The molecule has 5 nitrogen and oxygen atoms in total. The summed E-state index contributed by atoms with van der Waals surface area (Å²) >= 11 is 0. The molecular formula is C15H30N2O3S. The third kappa shape index (κ3) is 7.27. The van der Waals surface area contributed by atoms with E-state index in [9.17, 15) is 13.2 Å². The van der Waals surface area contributed by atoms with Crippen LogP contribution in [0.25, 0.3) is 0 Å². The summed E-state index contributed by atoms with van der Waals surface area (Å²) in [7, 11) is -3.34. The molecule has 0 aliphatic heterocycles. The van der Waals surface area contributed by atoms with Crippen molar-refractivity contribution in [1.29, 1.82) is 0 Å². The minimum absolute atomic E-state index is 0.0154. The molecule has 0 aromatic rings. The molecule has 0 saturated heterocycles. The van der Waals surface area contributed by atoms with Gasteiger partial charge in [0.2, 0.25) is 15.9 Å². The second-order valence-electron chi connectivity index (χ2n) is 6.49. The van der Waals surface area contributed by atoms with Gasteiger partial charge in [-0.1, -0.05) is 39.5 Å². The maximum absolute atomic E-state index is 12.0. The first kappa shape index (κ1) is 18.4. The third-order valence-corrected chi connectivity index (χ3v) is 5.28. The number of hydrogen-bond donors (Lipinski definition) is 1. The van der Waals surface area contributed by atoms with Crippen molar-refractivity contribution in [3.05, 3.63) is 0 Å². The second kappa shape index (κ2) is 8.73. The largest absolute Gasteiger partial charge is 0.355 e. The lowest BCUT2D eigenvalue weighted by molar-refractivity contribution is -0.121. The van der Waals surface area contributed by atoms with E-state index in [0.717, 1.165) is 44.9 Å². The smallest absolute Gasteiger partial charge is 0.235 e. The number of nitrogens with one attached hydrogen (secondary N) is 1. The fourth-order valence-electron chi connectivity index (χ4n) is 2.76. The van der Waals surface area contributed by atoms with Crippen LogP contribution in [-0.4, -0.2) is 44.0 Å². The molecule has 6 heteroatoms. The number of nitrogens with zero attached hydrogens (tertiary/aromatic N) is 1. The summed E-state index contributed by atoms with van der Waals surface area (Å²) in [5.41, 5.74) is 0. The normalized spacial score (nSPS) is 18.0. The molecule has 1 saturated carbocycles. The van der Waals surface area contributed by atoms with Crippen molar-refractivity contribution >= 4 is 15.9 Å². The lowest BCUT2D eigenvalue weighted by Crippen LogP contribution is -2.46. The Hall–Kier alpha value is -0.620. The Morgan fingerprint density at radius 2 is 1.76 bits per heavy atom. The van der Waals surface area contributed by atoms with Gasteiger partial charge in [0.15, 0.2) is 0 Å². The SMILES string of the molecule is CC(C)CCNC(=O)CN(C1CCCCCC1)S(C)(=O)=O. The Morgan fingerprint density at radius 3 is 2.24 bits per heavy atom. The van der Waals surface area contributed by atoms with Crippen LogP contribution >= 0.6 is 0 Å². The highest BCUT2D eigenvalue weighted by Gasteiger charge is 2.29. The van der Waals surface area contributed by atoms with Crippen LogP contribution in [-0.2, 0) is 14.8 Å². The van der Waals surface area contributed by atoms with E-state index in [1.807, 2.05) is 0 Å². The molecule has 0 aromatic heterocycles. The van der Waals surface area contributed by atoms with Crippen molar-refractivity contribution in [1.82, 2.24) is 9.62 Å². The summed E-state index contributed by atoms with van der Waals surface area (Å²) in [4.78, 5) is 12.0. The minimum atomic E-state index is -3.34. The van der Waals surface area contributed by atoms with Crippen molar-refractivity contribution < 1.29 is 13.2 Å². The number of carbonyl (C=O) groups excluding carboxylic acids is 1. The van der Waals surface area contributed by atoms with E-state index in [4.69, 9.17) is 0 Å². The molecule has 0 unspecified atom stereocenters. The van der Waals surface area contributed by atoms with E-state index in [2.05, 4.69) is 19.2 Å². The molecule has 1 fully saturated rings. The van der Waals surface area contributed by atoms with Crippen molar-refractivity contribution in [2.24, 2.45) is 5.92 Å². The molecule has 1 rings (SSSR count). The number of hydrogen-bond acceptors (Lipinski definition) is 3. The molecular weight excluding hydrogens is 288 g/mol. The Kier molecular flexibility index (Phi) is 7.66. The van der Waals surface area contributed by atoms with Gasteiger partial charge in [0.25, 0.3) is 0 Å². The maximum atomic E-state index is 12.0. The fraction of sp³-hybridized carbons (Fsp3) is 0.933. The molecule has 0 bridgehead atoms. The highest BCUT2D eigenvalue weighted by atomic mass is 32.2. The van der Waals surface area contributed by atoms with Gasteiger partial charge >= 0.3 is 0 Å². The van der Waals surface area contributed by atoms with E-state index >= 15 is 0 Å². The number of rotatable bonds is 7. The summed E-state index contributed by atoms with van der Waals surface area (Å²) in [6.07, 6.45) is 8.27. The van der Waals surface area contributed by atoms with Crippen LogP contribution < -0.4 is 5.32 Å². The quantitative estimate of drug-likeness (QED) is 0.731. The van der Waals surface area contributed by atoms with Crippen molar-refractivity contribution in [3.8, 4) is 0 Å². The van der Waals surface area contributed by atoms with Gasteiger partial charge in [-0.05, 0) is 25.2 Å². The van der Waals surface area contributed by atoms with Crippen LogP contribution in [0.15, 0.2) is 0 Å². The number of amides is 1. The summed E-state index contributed by atoms with van der Waals surface area (Å²) in [6.45, 7) is 4.77. The highest BCUT2D eigenvalue weighted by Crippen LogP contribution is 2.23. The Labute approximate surface area is 129 Å². The molecule has 124 valence electrons. The van der Waals surface area contributed by atoms with Crippen LogP contribution in [0.4, 0.5) is 0 Å². The average molecular weight is 318 g/mol. The van der Waals surface area contributed by atoms with Crippen LogP contribution in [0.2, 0.25) is 0 Å². The van der Waals surface area contributed by atoms with Crippen LogP contribution in [0.5, 0.6) is 0 Å². The Morgan fingerprint density at radius 1 is 1.19 bits per heavy atom. The lowest BCUT2D eigenvalue weighted by atomic mass is 10.1. The van der Waals surface area contributed by atoms with Gasteiger partial charge in [-0.15, -0.1) is 0 Å². The van der Waals surface area contributed by atoms with Crippen molar-refractivity contribution in [2.75, 3.05) is 19.3 Å². The van der Waals surface area contributed by atoms with Crippen molar-refractivity contribution in [2.45, 2.75) is 64.8 Å². The van der Waals surface area contributed by atoms with Gasteiger partial charge < -0.3 is 5.32 Å². The van der Waals surface area contributed by atoms with Crippen LogP contribution in [0.1, 0.15) is 58.8 Å². The Balaban J connectivity index is 2.59. The van der Waals surface area contributed by atoms with E-state index in [-0.39, 0.29) is 18.5 Å². The topological polar surface area (TPSA) is 66.5 Å². The van der Waals surface area contributed by atoms with Gasteiger partial charge in [-0.2, -0.15) is 4.31 Å². The fourth-order valence-corrected chi connectivity index (χ4v) is 3.86. The summed E-state index contributed by atoms with van der Waals surface area (Å²) in [6, 6.07) is -0.0154. The summed E-state index contributed by atoms with van der Waals surface area (Å²) in [5, 5.41) is 2.83. The molecule has 0 spiro atoms. The standard InChI is InChI=1S/C15H30N2O3S/c1-13(2)10-11-16-15(18)12-17(21(3,19)20)14-8-6-4-5-7-9-14/h13-14H,4-12H2,1-3H3,(H,16,18). The predicted octanol–water partition coefficient (Wildman–Crippen LogP) is 2.13. The minimum Gasteiger partial charge on any atom is -0.355 e. The average Bonchev–Trinajstić information content (AvgIpc) is 2.62. The van der Waals surface area contributed by atoms with Gasteiger partial charge in [0, 0.05) is 12.6 Å². The first-order valence-electron chi connectivity index (χ1n) is 8.04.